The van der Waals surface area contributed by atoms with Gasteiger partial charge in [0.2, 0.25) is 0 Å². The molecule has 0 aliphatic heterocycles. The summed E-state index contributed by atoms with van der Waals surface area (Å²) in [6.07, 6.45) is -0.680. The van der Waals surface area contributed by atoms with Gasteiger partial charge in [-0.25, -0.2) is 9.63 Å². The van der Waals surface area contributed by atoms with Crippen molar-refractivity contribution in [3.8, 4) is 17.2 Å². The smallest absolute Gasteiger partial charge is 0.338 e. The van der Waals surface area contributed by atoms with E-state index < -0.39 is 17.5 Å². The first-order valence-corrected chi connectivity index (χ1v) is 13.7. The van der Waals surface area contributed by atoms with Crippen molar-refractivity contribution in [2.24, 2.45) is 0 Å². The van der Waals surface area contributed by atoms with Crippen LogP contribution in [0.1, 0.15) is 15.9 Å². The molecule has 5 rings (SSSR count). The zero-order valence-corrected chi connectivity index (χ0v) is 23.6. The van der Waals surface area contributed by atoms with Gasteiger partial charge in [0.25, 0.3) is 0 Å². The Hall–Kier alpha value is -4.65. The van der Waals surface area contributed by atoms with Crippen LogP contribution in [0.5, 0.6) is 17.2 Å². The SMILES string of the molecule is COc1ccccc1OCCNCC(COc1cccc2[nH]c3ccccc3c12)OC(=O)c1ccccc1CON(O)O. The van der Waals surface area contributed by atoms with Crippen LogP contribution in [0.2, 0.25) is 0 Å². The lowest BCUT2D eigenvalue weighted by molar-refractivity contribution is -0.497. The molecule has 4 N–H and O–H groups in total. The zero-order valence-electron chi connectivity index (χ0n) is 23.6. The number of esters is 1. The maximum absolute atomic E-state index is 13.3. The molecule has 0 spiro atoms. The van der Waals surface area contributed by atoms with Crippen LogP contribution >= 0.6 is 0 Å². The number of ether oxygens (including phenoxy) is 4. The summed E-state index contributed by atoms with van der Waals surface area (Å²) in [7, 11) is 1.59. The summed E-state index contributed by atoms with van der Waals surface area (Å²) in [4.78, 5) is 21.4. The number of carbonyl (C=O) groups excluding carboxylic acids is 1. The lowest BCUT2D eigenvalue weighted by Gasteiger charge is -2.21. The fourth-order valence-electron chi connectivity index (χ4n) is 4.73. The Balaban J connectivity index is 1.28. The minimum atomic E-state index is -0.680. The Morgan fingerprint density at radius 1 is 0.860 bits per heavy atom. The average molecular weight is 588 g/mol. The van der Waals surface area contributed by atoms with E-state index in [4.69, 9.17) is 34.2 Å². The number of carbonyl (C=O) groups is 1. The van der Waals surface area contributed by atoms with Gasteiger partial charge in [-0.15, -0.1) is 0 Å². The van der Waals surface area contributed by atoms with Gasteiger partial charge < -0.3 is 29.2 Å². The highest BCUT2D eigenvalue weighted by Gasteiger charge is 2.21. The Morgan fingerprint density at radius 2 is 1.58 bits per heavy atom. The van der Waals surface area contributed by atoms with E-state index in [0.29, 0.717) is 36.0 Å². The van der Waals surface area contributed by atoms with Crippen LogP contribution in [0.3, 0.4) is 0 Å². The molecule has 1 unspecified atom stereocenters. The molecule has 1 aromatic heterocycles. The van der Waals surface area contributed by atoms with Crippen molar-refractivity contribution in [2.75, 3.05) is 33.4 Å². The predicted molar refractivity (Wildman–Crippen MR) is 159 cm³/mol. The largest absolute Gasteiger partial charge is 0.493 e. The zero-order chi connectivity index (χ0) is 30.0. The van der Waals surface area contributed by atoms with Gasteiger partial charge in [0, 0.05) is 29.4 Å². The summed E-state index contributed by atoms with van der Waals surface area (Å²) in [5, 5.41) is 22.7. The highest BCUT2D eigenvalue weighted by molar-refractivity contribution is 6.10. The van der Waals surface area contributed by atoms with Crippen LogP contribution in [0.4, 0.5) is 0 Å². The van der Waals surface area contributed by atoms with Crippen LogP contribution in [-0.2, 0) is 16.2 Å². The highest BCUT2D eigenvalue weighted by Crippen LogP contribution is 2.33. The van der Waals surface area contributed by atoms with Gasteiger partial charge in [0.1, 0.15) is 25.1 Å². The Morgan fingerprint density at radius 3 is 2.42 bits per heavy atom. The van der Waals surface area contributed by atoms with Crippen LogP contribution < -0.4 is 19.5 Å². The van der Waals surface area contributed by atoms with E-state index in [1.54, 1.807) is 31.4 Å². The first-order valence-electron chi connectivity index (χ1n) is 13.7. The molecule has 0 saturated carbocycles. The second-order valence-electron chi connectivity index (χ2n) is 9.57. The number of hydrogen-bond acceptors (Lipinski definition) is 10. The van der Waals surface area contributed by atoms with Crippen molar-refractivity contribution in [3.05, 3.63) is 102 Å². The second kappa shape index (κ2) is 14.5. The topological polar surface area (TPSA) is 135 Å². The number of H-pyrrole nitrogens is 1. The minimum absolute atomic E-state index is 0.0739. The number of aromatic nitrogens is 1. The van der Waals surface area contributed by atoms with Gasteiger partial charge in [0.15, 0.2) is 11.5 Å². The number of rotatable bonds is 15. The molecule has 224 valence electrons. The standard InChI is InChI=1S/C32H33N3O8/c1-39-28-14-6-7-15-29(28)40-18-17-33-19-23(43-32(36)24-10-3-2-9-22(24)20-42-35(37)38)21-41-30-16-8-13-27-31(30)25-11-4-5-12-26(25)34-27/h2-16,23,33-34,37-38H,17-21H2,1H3. The number of benzene rings is 4. The lowest BCUT2D eigenvalue weighted by atomic mass is 10.1. The van der Waals surface area contributed by atoms with Crippen LogP contribution in [0, 0.1) is 0 Å². The monoisotopic (exact) mass is 587 g/mol. The van der Waals surface area contributed by atoms with Crippen molar-refractivity contribution in [2.45, 2.75) is 12.7 Å². The van der Waals surface area contributed by atoms with E-state index in [1.807, 2.05) is 66.7 Å². The molecule has 4 aromatic carbocycles. The molecule has 11 heteroatoms. The first kappa shape index (κ1) is 29.8. The third-order valence-corrected chi connectivity index (χ3v) is 6.74. The third kappa shape index (κ3) is 7.60. The Bertz CT molecular complexity index is 1650. The average Bonchev–Trinajstić information content (AvgIpc) is 3.42. The maximum Gasteiger partial charge on any atom is 0.338 e. The van der Waals surface area contributed by atoms with Crippen LogP contribution in [-0.4, -0.2) is 66.3 Å². The van der Waals surface area contributed by atoms with Gasteiger partial charge >= 0.3 is 5.97 Å². The Kier molecular flexibility index (Phi) is 10.1. The summed E-state index contributed by atoms with van der Waals surface area (Å²) in [6.45, 7) is 0.933. The maximum atomic E-state index is 13.3. The van der Waals surface area contributed by atoms with E-state index in [-0.39, 0.29) is 25.3 Å². The van der Waals surface area contributed by atoms with Gasteiger partial charge in [-0.1, -0.05) is 54.6 Å². The van der Waals surface area contributed by atoms with E-state index >= 15 is 0 Å². The summed E-state index contributed by atoms with van der Waals surface area (Å²) >= 11 is 0. The molecule has 1 heterocycles. The quantitative estimate of drug-likeness (QED) is 0.0743. The number of para-hydroxylation sites is 3. The molecule has 0 saturated heterocycles. The Labute approximate surface area is 248 Å². The van der Waals surface area contributed by atoms with Crippen LogP contribution in [0.25, 0.3) is 21.8 Å². The van der Waals surface area contributed by atoms with Gasteiger partial charge in [0.05, 0.1) is 30.2 Å². The molecule has 0 aliphatic rings. The molecule has 43 heavy (non-hydrogen) atoms. The van der Waals surface area contributed by atoms with Gasteiger partial charge in [-0.05, 0) is 42.0 Å². The summed E-state index contributed by atoms with van der Waals surface area (Å²) in [5.41, 5.74) is 2.58. The van der Waals surface area contributed by atoms with E-state index in [9.17, 15) is 4.79 Å². The van der Waals surface area contributed by atoms with Crippen LogP contribution in [0.15, 0.2) is 91.0 Å². The molecular formula is C32H33N3O8. The van der Waals surface area contributed by atoms with Crippen molar-refractivity contribution < 1.29 is 39.0 Å². The fraction of sp³-hybridized carbons (Fsp3) is 0.219. The molecule has 5 aromatic rings. The molecule has 1 atom stereocenters. The highest BCUT2D eigenvalue weighted by atomic mass is 17.1. The number of hydrogen-bond donors (Lipinski definition) is 4. The van der Waals surface area contributed by atoms with Crippen molar-refractivity contribution in [3.63, 3.8) is 0 Å². The number of aromatic amines is 1. The second-order valence-corrected chi connectivity index (χ2v) is 9.57. The molecule has 0 radical (unpaired) electrons. The lowest BCUT2D eigenvalue weighted by Crippen LogP contribution is -2.37. The first-order chi connectivity index (χ1) is 21.0. The predicted octanol–water partition coefficient (Wildman–Crippen LogP) is 5.11. The molecule has 0 bridgehead atoms. The number of methoxy groups -OCH3 is 1. The fourth-order valence-corrected chi connectivity index (χ4v) is 4.73. The number of nitrogens with one attached hydrogen (secondary N) is 2. The minimum Gasteiger partial charge on any atom is -0.493 e. The summed E-state index contributed by atoms with van der Waals surface area (Å²) in [5.74, 6) is 1.33. The number of nitrogens with zero attached hydrogens (tertiary/aromatic N) is 1. The molecule has 0 amide bonds. The van der Waals surface area contributed by atoms with Crippen molar-refractivity contribution in [1.82, 2.24) is 15.7 Å². The summed E-state index contributed by atoms with van der Waals surface area (Å²) < 4.78 is 23.3. The molecule has 0 aliphatic carbocycles. The van der Waals surface area contributed by atoms with Crippen molar-refractivity contribution >= 4 is 27.8 Å². The molecular weight excluding hydrogens is 554 g/mol. The van der Waals surface area contributed by atoms with Gasteiger partial charge in [-0.3, -0.25) is 10.4 Å². The normalized spacial score (nSPS) is 12.0. The van der Waals surface area contributed by atoms with Crippen molar-refractivity contribution in [1.29, 1.82) is 0 Å². The molecule has 11 nitrogen and oxygen atoms in total. The van der Waals surface area contributed by atoms with E-state index in [1.165, 1.54) is 0 Å². The third-order valence-electron chi connectivity index (χ3n) is 6.74. The summed E-state index contributed by atoms with van der Waals surface area (Å²) in [6, 6.07) is 27.8. The number of fused-ring (bicyclic) bond motifs is 3. The van der Waals surface area contributed by atoms with E-state index in [0.717, 1.165) is 21.8 Å². The molecule has 0 fully saturated rings. The van der Waals surface area contributed by atoms with Gasteiger partial charge in [-0.2, -0.15) is 0 Å². The van der Waals surface area contributed by atoms with E-state index in [2.05, 4.69) is 10.3 Å².